The van der Waals surface area contributed by atoms with Crippen LogP contribution in [0.15, 0.2) is 34.5 Å². The Hall–Kier alpha value is -1.51. The van der Waals surface area contributed by atoms with Crippen molar-refractivity contribution in [2.24, 2.45) is 0 Å². The van der Waals surface area contributed by atoms with Crippen molar-refractivity contribution in [1.82, 2.24) is 5.32 Å². The molecule has 2 N–H and O–H groups in total. The highest BCUT2D eigenvalue weighted by Crippen LogP contribution is 2.25. The monoisotopic (exact) mass is 332 g/mol. The van der Waals surface area contributed by atoms with Crippen molar-refractivity contribution in [3.8, 4) is 0 Å². The second-order valence-electron chi connectivity index (χ2n) is 4.34. The van der Waals surface area contributed by atoms with E-state index in [2.05, 4.69) is 10.0 Å². The molecule has 0 saturated carbocycles. The summed E-state index contributed by atoms with van der Waals surface area (Å²) < 4.78 is 52.7. The number of hydrogen-bond donors (Lipinski definition) is 2. The highest BCUT2D eigenvalue weighted by molar-refractivity contribution is 7.94. The van der Waals surface area contributed by atoms with Crippen molar-refractivity contribution in [3.63, 3.8) is 0 Å². The summed E-state index contributed by atoms with van der Waals surface area (Å²) in [6.45, 7) is 0.739. The lowest BCUT2D eigenvalue weighted by atomic mass is 10.3. The smallest absolute Gasteiger partial charge is 0.271 e. The van der Waals surface area contributed by atoms with Crippen molar-refractivity contribution >= 4 is 27.0 Å². The van der Waals surface area contributed by atoms with Crippen LogP contribution in [0.4, 0.5) is 14.5 Å². The third-order valence-corrected chi connectivity index (χ3v) is 5.66. The lowest BCUT2D eigenvalue weighted by Crippen LogP contribution is -2.12. The normalized spacial score (nSPS) is 11.6. The van der Waals surface area contributed by atoms with Gasteiger partial charge < -0.3 is 5.32 Å². The van der Waals surface area contributed by atoms with Crippen molar-refractivity contribution < 1.29 is 17.2 Å². The maximum atomic E-state index is 13.1. The van der Waals surface area contributed by atoms with Crippen molar-refractivity contribution in [1.29, 1.82) is 0 Å². The molecular formula is C13H14F2N2O2S2. The first-order valence-corrected chi connectivity index (χ1v) is 8.43. The molecule has 0 radical (unpaired) electrons. The second kappa shape index (κ2) is 6.50. The Morgan fingerprint density at radius 3 is 2.43 bits per heavy atom. The van der Waals surface area contributed by atoms with Crippen LogP contribution in [-0.4, -0.2) is 22.0 Å². The highest BCUT2D eigenvalue weighted by atomic mass is 32.2. The maximum absolute atomic E-state index is 13.1. The molecule has 0 saturated heterocycles. The van der Waals surface area contributed by atoms with E-state index in [1.807, 2.05) is 7.05 Å². The molecule has 8 heteroatoms. The molecule has 0 aliphatic heterocycles. The quantitative estimate of drug-likeness (QED) is 0.855. The van der Waals surface area contributed by atoms with Gasteiger partial charge in [-0.15, -0.1) is 11.3 Å². The number of benzene rings is 1. The largest absolute Gasteiger partial charge is 0.319 e. The van der Waals surface area contributed by atoms with Gasteiger partial charge >= 0.3 is 0 Å². The van der Waals surface area contributed by atoms with Gasteiger partial charge in [0.05, 0.1) is 5.69 Å². The Balaban J connectivity index is 2.19. The predicted octanol–water partition coefficient (Wildman–Crippen LogP) is 2.59. The molecule has 0 amide bonds. The predicted molar refractivity (Wildman–Crippen MR) is 79.1 cm³/mol. The molecule has 21 heavy (non-hydrogen) atoms. The van der Waals surface area contributed by atoms with Gasteiger partial charge in [-0.2, -0.15) is 0 Å². The first-order chi connectivity index (χ1) is 9.90. The molecular weight excluding hydrogens is 318 g/mol. The van der Waals surface area contributed by atoms with Crippen LogP contribution in [0.2, 0.25) is 0 Å². The van der Waals surface area contributed by atoms with Crippen LogP contribution in [0.1, 0.15) is 4.88 Å². The SMILES string of the molecule is CNCCc1ccc(S(=O)(=O)Nc2cc(F)cc(F)c2)s1. The summed E-state index contributed by atoms with van der Waals surface area (Å²) in [5, 5.41) is 2.97. The average Bonchev–Trinajstić information content (AvgIpc) is 2.84. The van der Waals surface area contributed by atoms with E-state index >= 15 is 0 Å². The molecule has 0 atom stereocenters. The molecule has 4 nitrogen and oxygen atoms in total. The van der Waals surface area contributed by atoms with E-state index in [-0.39, 0.29) is 9.90 Å². The summed E-state index contributed by atoms with van der Waals surface area (Å²) in [7, 11) is -2.03. The van der Waals surface area contributed by atoms with Gasteiger partial charge in [0.25, 0.3) is 10.0 Å². The summed E-state index contributed by atoms with van der Waals surface area (Å²) >= 11 is 1.13. The average molecular weight is 332 g/mol. The molecule has 114 valence electrons. The van der Waals surface area contributed by atoms with Gasteiger partial charge in [0.15, 0.2) is 0 Å². The number of nitrogens with one attached hydrogen (secondary N) is 2. The molecule has 0 spiro atoms. The van der Waals surface area contributed by atoms with Gasteiger partial charge in [0, 0.05) is 10.9 Å². The number of halogens is 2. The van der Waals surface area contributed by atoms with Gasteiger partial charge in [-0.3, -0.25) is 4.72 Å². The Morgan fingerprint density at radius 2 is 1.81 bits per heavy atom. The summed E-state index contributed by atoms with van der Waals surface area (Å²) in [6.07, 6.45) is 0.714. The molecule has 0 aliphatic carbocycles. The number of rotatable bonds is 6. The number of sulfonamides is 1. The fraction of sp³-hybridized carbons (Fsp3) is 0.231. The number of likely N-dealkylation sites (N-methyl/N-ethyl adjacent to an activating group) is 1. The molecule has 1 aromatic heterocycles. The van der Waals surface area contributed by atoms with E-state index in [0.717, 1.165) is 34.9 Å². The molecule has 0 aliphatic rings. The van der Waals surface area contributed by atoms with Crippen LogP contribution in [0.25, 0.3) is 0 Å². The topological polar surface area (TPSA) is 58.2 Å². The number of hydrogen-bond acceptors (Lipinski definition) is 4. The van der Waals surface area contributed by atoms with Crippen LogP contribution in [0.3, 0.4) is 0 Å². The van der Waals surface area contributed by atoms with Crippen molar-refractivity contribution in [2.45, 2.75) is 10.6 Å². The highest BCUT2D eigenvalue weighted by Gasteiger charge is 2.17. The fourth-order valence-electron chi connectivity index (χ4n) is 1.70. The fourth-order valence-corrected chi connectivity index (χ4v) is 4.10. The molecule has 2 rings (SSSR count). The zero-order valence-corrected chi connectivity index (χ0v) is 12.8. The summed E-state index contributed by atoms with van der Waals surface area (Å²) in [4.78, 5) is 0.912. The van der Waals surface area contributed by atoms with Gasteiger partial charge in [0.2, 0.25) is 0 Å². The molecule has 1 heterocycles. The van der Waals surface area contributed by atoms with Crippen LogP contribution in [0.5, 0.6) is 0 Å². The Labute approximate surface area is 125 Å². The first kappa shape index (κ1) is 15.9. The van der Waals surface area contributed by atoms with Gasteiger partial charge in [-0.1, -0.05) is 0 Å². The molecule has 1 aromatic carbocycles. The van der Waals surface area contributed by atoms with Crippen LogP contribution in [-0.2, 0) is 16.4 Å². The van der Waals surface area contributed by atoms with E-state index in [4.69, 9.17) is 0 Å². The molecule has 0 unspecified atom stereocenters. The van der Waals surface area contributed by atoms with Crippen LogP contribution < -0.4 is 10.0 Å². The van der Waals surface area contributed by atoms with Crippen molar-refractivity contribution in [2.75, 3.05) is 18.3 Å². The lowest BCUT2D eigenvalue weighted by Gasteiger charge is -2.06. The molecule has 0 fully saturated rings. The maximum Gasteiger partial charge on any atom is 0.271 e. The van der Waals surface area contributed by atoms with E-state index in [1.54, 1.807) is 6.07 Å². The standard InChI is InChI=1S/C13H14F2N2O2S2/c1-16-5-4-12-2-3-13(20-12)21(18,19)17-11-7-9(14)6-10(15)8-11/h2-3,6-8,16-17H,4-5H2,1H3. The Kier molecular flexibility index (Phi) is 4.92. The van der Waals surface area contributed by atoms with E-state index in [1.165, 1.54) is 6.07 Å². The zero-order chi connectivity index (χ0) is 15.5. The summed E-state index contributed by atoms with van der Waals surface area (Å²) in [6, 6.07) is 5.74. The minimum absolute atomic E-state index is 0.110. The second-order valence-corrected chi connectivity index (χ2v) is 7.42. The summed E-state index contributed by atoms with van der Waals surface area (Å²) in [5.41, 5.74) is -0.141. The van der Waals surface area contributed by atoms with Gasteiger partial charge in [0.1, 0.15) is 15.8 Å². The first-order valence-electron chi connectivity index (χ1n) is 6.13. The third-order valence-electron chi connectivity index (χ3n) is 2.64. The van der Waals surface area contributed by atoms with E-state index < -0.39 is 21.7 Å². The van der Waals surface area contributed by atoms with E-state index in [9.17, 15) is 17.2 Å². The Bertz CT molecular complexity index is 709. The number of anilines is 1. The van der Waals surface area contributed by atoms with Gasteiger partial charge in [-0.05, 0) is 44.3 Å². The van der Waals surface area contributed by atoms with E-state index in [0.29, 0.717) is 12.5 Å². The van der Waals surface area contributed by atoms with Crippen LogP contribution >= 0.6 is 11.3 Å². The van der Waals surface area contributed by atoms with Gasteiger partial charge in [-0.25, -0.2) is 17.2 Å². The zero-order valence-electron chi connectivity index (χ0n) is 11.2. The van der Waals surface area contributed by atoms with Crippen LogP contribution in [0, 0.1) is 11.6 Å². The number of thiophene rings is 1. The van der Waals surface area contributed by atoms with Crippen molar-refractivity contribution in [3.05, 3.63) is 46.8 Å². The minimum atomic E-state index is -3.84. The third kappa shape index (κ3) is 4.23. The minimum Gasteiger partial charge on any atom is -0.319 e. The Morgan fingerprint density at radius 1 is 1.14 bits per heavy atom. The lowest BCUT2D eigenvalue weighted by molar-refractivity contribution is 0.584. The molecule has 0 bridgehead atoms. The summed E-state index contributed by atoms with van der Waals surface area (Å²) in [5.74, 6) is -1.68. The molecule has 2 aromatic rings.